The maximum absolute atomic E-state index is 13.3. The molecule has 0 amide bonds. The van der Waals surface area contributed by atoms with Gasteiger partial charge in [0.1, 0.15) is 0 Å². The van der Waals surface area contributed by atoms with E-state index in [1.165, 1.54) is 0 Å². The van der Waals surface area contributed by atoms with Crippen LogP contribution < -0.4 is 4.74 Å². The highest BCUT2D eigenvalue weighted by atomic mass is 35.7. The van der Waals surface area contributed by atoms with E-state index in [0.717, 1.165) is 18.2 Å². The van der Waals surface area contributed by atoms with Crippen molar-refractivity contribution in [3.8, 4) is 5.75 Å². The molecule has 0 unspecified atom stereocenters. The summed E-state index contributed by atoms with van der Waals surface area (Å²) < 4.78 is 39.4. The zero-order valence-corrected chi connectivity index (χ0v) is 10.6. The number of non-ortho nitro benzene ring substituents is 1. The molecule has 0 aliphatic heterocycles. The molecular formula is C9H9ClFNO5S. The second kappa shape index (κ2) is 5.96. The van der Waals surface area contributed by atoms with E-state index >= 15 is 0 Å². The summed E-state index contributed by atoms with van der Waals surface area (Å²) in [5.74, 6) is -1.34. The zero-order valence-electron chi connectivity index (χ0n) is 9.01. The molecule has 6 nitrogen and oxygen atoms in total. The Bertz CT molecular complexity index is 548. The molecule has 0 spiro atoms. The highest BCUT2D eigenvalue weighted by molar-refractivity contribution is 8.13. The number of nitro benzene ring substituents is 1. The molecule has 0 N–H and O–H groups in total. The fraction of sp³-hybridized carbons (Fsp3) is 0.333. The zero-order chi connectivity index (χ0) is 13.8. The number of nitrogens with zero attached hydrogens (tertiary/aromatic N) is 1. The lowest BCUT2D eigenvalue weighted by Crippen LogP contribution is -2.05. The van der Waals surface area contributed by atoms with Gasteiger partial charge in [0.05, 0.1) is 23.3 Å². The van der Waals surface area contributed by atoms with E-state index < -0.39 is 19.8 Å². The molecule has 0 aliphatic carbocycles. The van der Waals surface area contributed by atoms with Crippen molar-refractivity contribution in [2.75, 3.05) is 12.4 Å². The number of rotatable bonds is 6. The third kappa shape index (κ3) is 4.84. The first kappa shape index (κ1) is 14.7. The van der Waals surface area contributed by atoms with Gasteiger partial charge < -0.3 is 4.74 Å². The van der Waals surface area contributed by atoms with Gasteiger partial charge in [0.15, 0.2) is 11.6 Å². The number of nitro groups is 1. The lowest BCUT2D eigenvalue weighted by Gasteiger charge is -2.05. The van der Waals surface area contributed by atoms with Crippen LogP contribution in [0.5, 0.6) is 5.75 Å². The highest BCUT2D eigenvalue weighted by Crippen LogP contribution is 2.22. The number of hydrogen-bond donors (Lipinski definition) is 0. The second-order valence-corrected chi connectivity index (χ2v) is 6.21. The van der Waals surface area contributed by atoms with Crippen LogP contribution in [-0.4, -0.2) is 25.7 Å². The van der Waals surface area contributed by atoms with Crippen molar-refractivity contribution >= 4 is 25.4 Å². The van der Waals surface area contributed by atoms with E-state index in [2.05, 4.69) is 0 Å². The summed E-state index contributed by atoms with van der Waals surface area (Å²) in [7, 11) is 1.37. The standard InChI is InChI=1S/C9H9ClFNO5S/c10-18(15,16)5-1-4-17-9-3-2-7(12(13)14)6-8(9)11/h2-3,6H,1,4-5H2. The summed E-state index contributed by atoms with van der Waals surface area (Å²) in [5, 5.41) is 10.4. The average molecular weight is 298 g/mol. The summed E-state index contributed by atoms with van der Waals surface area (Å²) in [5.41, 5.74) is -0.386. The predicted octanol–water partition coefficient (Wildman–Crippen LogP) is 2.07. The third-order valence-corrected chi connectivity index (χ3v) is 3.16. The van der Waals surface area contributed by atoms with E-state index in [9.17, 15) is 22.9 Å². The second-order valence-electron chi connectivity index (χ2n) is 3.32. The molecule has 0 fully saturated rings. The minimum Gasteiger partial charge on any atom is -0.490 e. The predicted molar refractivity (Wildman–Crippen MR) is 62.8 cm³/mol. The van der Waals surface area contributed by atoms with Gasteiger partial charge in [-0.05, 0) is 12.5 Å². The van der Waals surface area contributed by atoms with Crippen LogP contribution in [0.1, 0.15) is 6.42 Å². The van der Waals surface area contributed by atoms with Gasteiger partial charge in [-0.25, -0.2) is 12.8 Å². The van der Waals surface area contributed by atoms with Gasteiger partial charge in [-0.15, -0.1) is 0 Å². The van der Waals surface area contributed by atoms with Crippen molar-refractivity contribution in [1.29, 1.82) is 0 Å². The molecule has 0 aromatic heterocycles. The minimum atomic E-state index is -3.60. The first-order chi connectivity index (χ1) is 8.29. The molecule has 18 heavy (non-hydrogen) atoms. The van der Waals surface area contributed by atoms with Crippen molar-refractivity contribution in [2.24, 2.45) is 0 Å². The Morgan fingerprint density at radius 3 is 2.61 bits per heavy atom. The molecule has 9 heteroatoms. The molecule has 0 bridgehead atoms. The van der Waals surface area contributed by atoms with Crippen LogP contribution in [0.4, 0.5) is 10.1 Å². The molecule has 1 aromatic rings. The number of hydrogen-bond acceptors (Lipinski definition) is 5. The lowest BCUT2D eigenvalue weighted by molar-refractivity contribution is -0.385. The van der Waals surface area contributed by atoms with E-state index in [1.54, 1.807) is 0 Å². The SMILES string of the molecule is O=[N+]([O-])c1ccc(OCCCS(=O)(=O)Cl)c(F)c1. The van der Waals surface area contributed by atoms with E-state index in [-0.39, 0.29) is 30.2 Å². The van der Waals surface area contributed by atoms with Crippen molar-refractivity contribution in [1.82, 2.24) is 0 Å². The Morgan fingerprint density at radius 2 is 2.11 bits per heavy atom. The van der Waals surface area contributed by atoms with Crippen molar-refractivity contribution in [3.05, 3.63) is 34.1 Å². The number of benzene rings is 1. The molecule has 0 heterocycles. The number of halogens is 2. The monoisotopic (exact) mass is 297 g/mol. The van der Waals surface area contributed by atoms with Gasteiger partial charge in [-0.1, -0.05) is 0 Å². The van der Waals surface area contributed by atoms with E-state index in [1.807, 2.05) is 0 Å². The molecule has 0 radical (unpaired) electrons. The van der Waals surface area contributed by atoms with Crippen LogP contribution in [0.3, 0.4) is 0 Å². The highest BCUT2D eigenvalue weighted by Gasteiger charge is 2.12. The lowest BCUT2D eigenvalue weighted by atomic mass is 10.3. The minimum absolute atomic E-state index is 0.0549. The van der Waals surface area contributed by atoms with Gasteiger partial charge in [-0.2, -0.15) is 0 Å². The largest absolute Gasteiger partial charge is 0.490 e. The molecule has 1 aromatic carbocycles. The van der Waals surface area contributed by atoms with Crippen LogP contribution in [0.25, 0.3) is 0 Å². The van der Waals surface area contributed by atoms with Crippen LogP contribution in [0.15, 0.2) is 18.2 Å². The molecular weight excluding hydrogens is 289 g/mol. The summed E-state index contributed by atoms with van der Waals surface area (Å²) in [6.45, 7) is -0.0549. The van der Waals surface area contributed by atoms with Gasteiger partial charge >= 0.3 is 0 Å². The quantitative estimate of drug-likeness (QED) is 0.347. The Hall–Kier alpha value is -1.41. The van der Waals surface area contributed by atoms with Crippen LogP contribution in [-0.2, 0) is 9.05 Å². The Morgan fingerprint density at radius 1 is 1.44 bits per heavy atom. The number of ether oxygens (including phenoxy) is 1. The molecule has 100 valence electrons. The fourth-order valence-corrected chi connectivity index (χ4v) is 1.92. The first-order valence-electron chi connectivity index (χ1n) is 4.78. The van der Waals surface area contributed by atoms with E-state index in [0.29, 0.717) is 0 Å². The van der Waals surface area contributed by atoms with Crippen molar-refractivity contribution in [3.63, 3.8) is 0 Å². The fourth-order valence-electron chi connectivity index (χ4n) is 1.13. The van der Waals surface area contributed by atoms with Crippen molar-refractivity contribution in [2.45, 2.75) is 6.42 Å². The summed E-state index contributed by atoms with van der Waals surface area (Å²) in [4.78, 5) is 9.62. The Balaban J connectivity index is 2.56. The van der Waals surface area contributed by atoms with E-state index in [4.69, 9.17) is 15.4 Å². The third-order valence-electron chi connectivity index (χ3n) is 1.92. The normalized spacial score (nSPS) is 11.2. The first-order valence-corrected chi connectivity index (χ1v) is 7.26. The maximum Gasteiger partial charge on any atom is 0.272 e. The smallest absolute Gasteiger partial charge is 0.272 e. The average Bonchev–Trinajstić information content (AvgIpc) is 2.24. The van der Waals surface area contributed by atoms with Gasteiger partial charge in [0, 0.05) is 16.7 Å². The molecule has 1 rings (SSSR count). The van der Waals surface area contributed by atoms with Gasteiger partial charge in [0.25, 0.3) is 5.69 Å². The summed E-state index contributed by atoms with van der Waals surface area (Å²) in [6, 6.07) is 2.94. The topological polar surface area (TPSA) is 86.5 Å². The summed E-state index contributed by atoms with van der Waals surface area (Å²) >= 11 is 0. The van der Waals surface area contributed by atoms with Crippen LogP contribution in [0.2, 0.25) is 0 Å². The molecule has 0 atom stereocenters. The Kier molecular flexibility index (Phi) is 4.85. The van der Waals surface area contributed by atoms with Gasteiger partial charge in [0.2, 0.25) is 9.05 Å². The van der Waals surface area contributed by atoms with Crippen molar-refractivity contribution < 1.29 is 22.5 Å². The van der Waals surface area contributed by atoms with Crippen LogP contribution >= 0.6 is 10.7 Å². The Labute approximate surface area is 107 Å². The molecule has 0 saturated heterocycles. The maximum atomic E-state index is 13.3. The molecule has 0 aliphatic rings. The summed E-state index contributed by atoms with van der Waals surface area (Å²) in [6.07, 6.45) is 0.0995. The molecule has 0 saturated carbocycles. The van der Waals surface area contributed by atoms with Crippen LogP contribution in [0, 0.1) is 15.9 Å². The van der Waals surface area contributed by atoms with Gasteiger partial charge in [-0.3, -0.25) is 10.1 Å².